The molecule has 1 aromatic carbocycles. The molecule has 3 N–H and O–H groups in total. The Labute approximate surface area is 125 Å². The van der Waals surface area contributed by atoms with Crippen molar-refractivity contribution in [2.24, 2.45) is 5.41 Å². The van der Waals surface area contributed by atoms with Gasteiger partial charge in [0.2, 0.25) is 0 Å². The molecule has 0 aromatic heterocycles. The molecule has 2 atom stereocenters. The Morgan fingerprint density at radius 2 is 2.15 bits per heavy atom. The fraction of sp³-hybridized carbons (Fsp3) is 0.429. The van der Waals surface area contributed by atoms with Crippen molar-refractivity contribution in [2.75, 3.05) is 0 Å². The second kappa shape index (κ2) is 5.44. The largest absolute Gasteiger partial charge is 0.507 e. The number of aromatic hydroxyl groups is 1. The second-order valence-electron chi connectivity index (χ2n) is 5.30. The molecule has 5 nitrogen and oxygen atoms in total. The topological polar surface area (TPSA) is 86.6 Å². The number of phenols is 1. The van der Waals surface area contributed by atoms with E-state index in [0.717, 1.165) is 6.42 Å². The van der Waals surface area contributed by atoms with Crippen molar-refractivity contribution in [2.45, 2.75) is 32.2 Å². The Kier molecular flexibility index (Phi) is 4.04. The number of carboxylic acid groups (broad SMARTS) is 1. The first-order valence-corrected chi connectivity index (χ1v) is 7.16. The molecule has 108 valence electrons. The third kappa shape index (κ3) is 2.65. The minimum absolute atomic E-state index is 0.132. The van der Waals surface area contributed by atoms with Gasteiger partial charge in [-0.25, -0.2) is 0 Å². The first-order valence-electron chi connectivity index (χ1n) is 6.37. The van der Waals surface area contributed by atoms with Crippen LogP contribution in [0.4, 0.5) is 0 Å². The summed E-state index contributed by atoms with van der Waals surface area (Å²) in [4.78, 5) is 23.5. The normalized spacial score (nSPS) is 25.4. The number of hydrogen-bond acceptors (Lipinski definition) is 3. The highest BCUT2D eigenvalue weighted by Crippen LogP contribution is 2.38. The van der Waals surface area contributed by atoms with Crippen molar-refractivity contribution in [3.05, 3.63) is 28.2 Å². The number of benzene rings is 1. The number of amides is 1. The Bertz CT molecular complexity index is 560. The van der Waals surface area contributed by atoms with Gasteiger partial charge in [0.25, 0.3) is 5.91 Å². The molecular formula is C14H16BrNO4. The number of rotatable bonds is 3. The lowest BCUT2D eigenvalue weighted by Gasteiger charge is -2.27. The molecule has 0 heterocycles. The van der Waals surface area contributed by atoms with Crippen LogP contribution >= 0.6 is 15.9 Å². The lowest BCUT2D eigenvalue weighted by Crippen LogP contribution is -2.47. The van der Waals surface area contributed by atoms with Gasteiger partial charge in [-0.05, 0) is 38.0 Å². The summed E-state index contributed by atoms with van der Waals surface area (Å²) in [6.07, 6.45) is 1.94. The monoisotopic (exact) mass is 341 g/mol. The third-order valence-corrected chi connectivity index (χ3v) is 4.45. The molecule has 1 aromatic rings. The summed E-state index contributed by atoms with van der Waals surface area (Å²) in [6, 6.07) is 4.16. The summed E-state index contributed by atoms with van der Waals surface area (Å²) in [5.41, 5.74) is -0.798. The standard InChI is InChI=1S/C14H16BrNO4/c1-14(13(19)20)6-2-3-11(14)16-12(18)9-5-4-8(15)7-10(9)17/h4-5,7,11,17H,2-3,6H2,1H3,(H,16,18)(H,19,20). The van der Waals surface area contributed by atoms with E-state index in [2.05, 4.69) is 21.2 Å². The van der Waals surface area contributed by atoms with E-state index in [0.29, 0.717) is 17.3 Å². The summed E-state index contributed by atoms with van der Waals surface area (Å²) in [5, 5.41) is 21.8. The van der Waals surface area contributed by atoms with Gasteiger partial charge in [0.05, 0.1) is 11.0 Å². The molecule has 0 aliphatic heterocycles. The molecule has 2 rings (SSSR count). The molecule has 1 aliphatic rings. The lowest BCUT2D eigenvalue weighted by molar-refractivity contribution is -0.148. The van der Waals surface area contributed by atoms with Crippen LogP contribution < -0.4 is 5.32 Å². The predicted octanol–water partition coefficient (Wildman–Crippen LogP) is 2.53. The van der Waals surface area contributed by atoms with Crippen molar-refractivity contribution in [1.29, 1.82) is 0 Å². The fourth-order valence-electron chi connectivity index (χ4n) is 2.59. The Hall–Kier alpha value is -1.56. The molecule has 1 aliphatic carbocycles. The molecule has 20 heavy (non-hydrogen) atoms. The van der Waals surface area contributed by atoms with Gasteiger partial charge in [0.1, 0.15) is 5.75 Å². The van der Waals surface area contributed by atoms with E-state index in [1.54, 1.807) is 13.0 Å². The second-order valence-corrected chi connectivity index (χ2v) is 6.22. The van der Waals surface area contributed by atoms with Crippen LogP contribution in [0.1, 0.15) is 36.5 Å². The minimum atomic E-state index is -0.944. The van der Waals surface area contributed by atoms with E-state index in [9.17, 15) is 19.8 Å². The SMILES string of the molecule is CC1(C(=O)O)CCCC1NC(=O)c1ccc(Br)cc1O. The molecule has 0 bridgehead atoms. The first kappa shape index (κ1) is 14.8. The summed E-state index contributed by atoms with van der Waals surface area (Å²) in [5.74, 6) is -1.48. The average molecular weight is 342 g/mol. The Morgan fingerprint density at radius 1 is 1.45 bits per heavy atom. The molecule has 2 unspecified atom stereocenters. The molecular weight excluding hydrogens is 326 g/mol. The van der Waals surface area contributed by atoms with Gasteiger partial charge < -0.3 is 15.5 Å². The van der Waals surface area contributed by atoms with Crippen molar-refractivity contribution in [3.8, 4) is 5.75 Å². The van der Waals surface area contributed by atoms with Crippen LogP contribution in [-0.4, -0.2) is 28.1 Å². The van der Waals surface area contributed by atoms with Crippen LogP contribution in [0.5, 0.6) is 5.75 Å². The molecule has 1 fully saturated rings. The number of phenolic OH excluding ortho intramolecular Hbond substituents is 1. The van der Waals surface area contributed by atoms with Gasteiger partial charge in [-0.1, -0.05) is 22.4 Å². The maximum Gasteiger partial charge on any atom is 0.311 e. The number of carbonyl (C=O) groups excluding carboxylic acids is 1. The highest BCUT2D eigenvalue weighted by Gasteiger charge is 2.46. The van der Waals surface area contributed by atoms with Crippen LogP contribution in [0.15, 0.2) is 22.7 Å². The maximum absolute atomic E-state index is 12.2. The number of halogens is 1. The Balaban J connectivity index is 2.17. The lowest BCUT2D eigenvalue weighted by atomic mass is 9.85. The van der Waals surface area contributed by atoms with Crippen molar-refractivity contribution >= 4 is 27.8 Å². The van der Waals surface area contributed by atoms with Gasteiger partial charge in [-0.2, -0.15) is 0 Å². The number of aliphatic carboxylic acids is 1. The summed E-state index contributed by atoms with van der Waals surface area (Å²) < 4.78 is 0.669. The molecule has 1 saturated carbocycles. The number of hydrogen-bond donors (Lipinski definition) is 3. The number of carbonyl (C=O) groups is 2. The van der Waals surface area contributed by atoms with E-state index < -0.39 is 23.3 Å². The molecule has 1 amide bonds. The van der Waals surface area contributed by atoms with Gasteiger partial charge in [-0.15, -0.1) is 0 Å². The third-order valence-electron chi connectivity index (χ3n) is 3.96. The van der Waals surface area contributed by atoms with Crippen molar-refractivity contribution in [1.82, 2.24) is 5.32 Å². The predicted molar refractivity (Wildman–Crippen MR) is 76.7 cm³/mol. The van der Waals surface area contributed by atoms with Crippen molar-refractivity contribution in [3.63, 3.8) is 0 Å². The van der Waals surface area contributed by atoms with Crippen LogP contribution in [0.2, 0.25) is 0 Å². The quantitative estimate of drug-likeness (QED) is 0.788. The first-order chi connectivity index (χ1) is 9.34. The number of carboxylic acids is 1. The van der Waals surface area contributed by atoms with E-state index in [1.165, 1.54) is 12.1 Å². The number of nitrogens with one attached hydrogen (secondary N) is 1. The van der Waals surface area contributed by atoms with Crippen LogP contribution in [-0.2, 0) is 4.79 Å². The molecule has 6 heteroatoms. The summed E-state index contributed by atoms with van der Waals surface area (Å²) >= 11 is 3.20. The zero-order valence-electron chi connectivity index (χ0n) is 11.0. The van der Waals surface area contributed by atoms with E-state index in [1.807, 2.05) is 0 Å². The van der Waals surface area contributed by atoms with Crippen LogP contribution in [0.25, 0.3) is 0 Å². The highest BCUT2D eigenvalue weighted by molar-refractivity contribution is 9.10. The zero-order valence-corrected chi connectivity index (χ0v) is 12.6. The van der Waals surface area contributed by atoms with Crippen LogP contribution in [0, 0.1) is 5.41 Å². The summed E-state index contributed by atoms with van der Waals surface area (Å²) in [6.45, 7) is 1.65. The van der Waals surface area contributed by atoms with Crippen molar-refractivity contribution < 1.29 is 19.8 Å². The Morgan fingerprint density at radius 3 is 2.75 bits per heavy atom. The summed E-state index contributed by atoms with van der Waals surface area (Å²) in [7, 11) is 0. The van der Waals surface area contributed by atoms with Crippen LogP contribution in [0.3, 0.4) is 0 Å². The molecule has 0 spiro atoms. The van der Waals surface area contributed by atoms with E-state index in [4.69, 9.17) is 0 Å². The maximum atomic E-state index is 12.2. The smallest absolute Gasteiger partial charge is 0.311 e. The van der Waals surface area contributed by atoms with E-state index in [-0.39, 0.29) is 11.3 Å². The fourth-order valence-corrected chi connectivity index (χ4v) is 2.94. The molecule has 0 saturated heterocycles. The van der Waals surface area contributed by atoms with Gasteiger partial charge in [-0.3, -0.25) is 9.59 Å². The average Bonchev–Trinajstić information content (AvgIpc) is 2.72. The van der Waals surface area contributed by atoms with Gasteiger partial charge >= 0.3 is 5.97 Å². The molecule has 0 radical (unpaired) electrons. The minimum Gasteiger partial charge on any atom is -0.507 e. The zero-order chi connectivity index (χ0) is 14.9. The van der Waals surface area contributed by atoms with E-state index >= 15 is 0 Å². The van der Waals surface area contributed by atoms with Gasteiger partial charge in [0.15, 0.2) is 0 Å². The van der Waals surface area contributed by atoms with Gasteiger partial charge in [0, 0.05) is 10.5 Å². The highest BCUT2D eigenvalue weighted by atomic mass is 79.9.